The number of hydrogen-bond acceptors (Lipinski definition) is 1. The van der Waals surface area contributed by atoms with Gasteiger partial charge in [0, 0.05) is 28.0 Å². The summed E-state index contributed by atoms with van der Waals surface area (Å²) in [6.45, 7) is 0. The largest absolute Gasteiger partial charge is 0.354 e. The van der Waals surface area contributed by atoms with Gasteiger partial charge in [-0.3, -0.25) is 4.98 Å². The Balaban J connectivity index is 2.13. The van der Waals surface area contributed by atoms with Crippen LogP contribution in [0, 0.1) is 0 Å². The molecule has 2 heterocycles. The molecule has 0 aliphatic heterocycles. The van der Waals surface area contributed by atoms with Crippen LogP contribution in [0.4, 0.5) is 0 Å². The van der Waals surface area contributed by atoms with E-state index >= 15 is 0 Å². The van der Waals surface area contributed by atoms with E-state index in [1.54, 1.807) is 0 Å². The van der Waals surface area contributed by atoms with Crippen LogP contribution in [0.3, 0.4) is 0 Å². The molecule has 0 fully saturated rings. The van der Waals surface area contributed by atoms with Gasteiger partial charge in [-0.1, -0.05) is 42.5 Å². The number of aromatic nitrogens is 2. The lowest BCUT2D eigenvalue weighted by Crippen LogP contribution is -1.83. The Kier molecular flexibility index (Phi) is 2.15. The Labute approximate surface area is 110 Å². The Morgan fingerprint density at radius 1 is 0.737 bits per heavy atom. The number of nitrogens with zero attached hydrogens (tertiary/aromatic N) is 1. The summed E-state index contributed by atoms with van der Waals surface area (Å²) in [7, 11) is 0. The van der Waals surface area contributed by atoms with Crippen molar-refractivity contribution in [3.05, 3.63) is 66.9 Å². The molecule has 0 amide bonds. The fourth-order valence-corrected chi connectivity index (χ4v) is 2.61. The fourth-order valence-electron chi connectivity index (χ4n) is 2.61. The molecule has 0 saturated carbocycles. The van der Waals surface area contributed by atoms with E-state index in [2.05, 4.69) is 52.4 Å². The van der Waals surface area contributed by atoms with Crippen molar-refractivity contribution in [3.8, 4) is 11.3 Å². The summed E-state index contributed by atoms with van der Waals surface area (Å²) >= 11 is 0. The number of hydrogen-bond donors (Lipinski definition) is 1. The van der Waals surface area contributed by atoms with Gasteiger partial charge in [-0.05, 0) is 18.2 Å². The summed E-state index contributed by atoms with van der Waals surface area (Å²) in [4.78, 5) is 7.95. The van der Waals surface area contributed by atoms with Crippen molar-refractivity contribution in [2.24, 2.45) is 0 Å². The van der Waals surface area contributed by atoms with Gasteiger partial charge in [0.05, 0.1) is 11.2 Å². The Morgan fingerprint density at radius 2 is 1.58 bits per heavy atom. The minimum absolute atomic E-state index is 1.000. The monoisotopic (exact) mass is 244 g/mol. The number of fused-ring (bicyclic) bond motifs is 3. The van der Waals surface area contributed by atoms with E-state index < -0.39 is 0 Å². The zero-order valence-electron chi connectivity index (χ0n) is 10.3. The average molecular weight is 244 g/mol. The predicted molar refractivity (Wildman–Crippen MR) is 79.0 cm³/mol. The summed E-state index contributed by atoms with van der Waals surface area (Å²) in [5.74, 6) is 0. The molecule has 0 aliphatic rings. The third-order valence-electron chi connectivity index (χ3n) is 3.48. The highest BCUT2D eigenvalue weighted by Gasteiger charge is 2.09. The molecule has 0 aliphatic carbocycles. The number of aromatic amines is 1. The third kappa shape index (κ3) is 1.54. The Bertz CT molecular complexity index is 860. The van der Waals surface area contributed by atoms with Crippen LogP contribution >= 0.6 is 0 Å². The lowest BCUT2D eigenvalue weighted by molar-refractivity contribution is 1.33. The van der Waals surface area contributed by atoms with Crippen molar-refractivity contribution >= 4 is 21.8 Å². The van der Waals surface area contributed by atoms with E-state index in [1.165, 1.54) is 16.3 Å². The van der Waals surface area contributed by atoms with Crippen LogP contribution in [0.25, 0.3) is 33.1 Å². The molecular formula is C17H12N2. The normalized spacial score (nSPS) is 11.2. The van der Waals surface area contributed by atoms with Crippen molar-refractivity contribution in [2.45, 2.75) is 0 Å². The van der Waals surface area contributed by atoms with E-state index in [0.717, 1.165) is 16.8 Å². The van der Waals surface area contributed by atoms with E-state index in [1.807, 2.05) is 24.4 Å². The Morgan fingerprint density at radius 3 is 2.47 bits per heavy atom. The van der Waals surface area contributed by atoms with Gasteiger partial charge < -0.3 is 4.98 Å². The molecule has 0 atom stereocenters. The van der Waals surface area contributed by atoms with Crippen LogP contribution in [-0.2, 0) is 0 Å². The smallest absolute Gasteiger partial charge is 0.0723 e. The standard InChI is InChI=1S/C17H12N2/c1-2-10-16-12(6-1)13-7-5-8-14(17(13)19-16)15-9-3-4-11-18-15/h1-11,19H. The molecule has 2 aromatic heterocycles. The molecule has 0 unspecified atom stereocenters. The first-order valence-corrected chi connectivity index (χ1v) is 6.34. The number of H-pyrrole nitrogens is 1. The number of pyridine rings is 1. The van der Waals surface area contributed by atoms with Crippen LogP contribution in [0.2, 0.25) is 0 Å². The minimum atomic E-state index is 1.000. The van der Waals surface area contributed by atoms with Crippen LogP contribution in [0.1, 0.15) is 0 Å². The van der Waals surface area contributed by atoms with Crippen molar-refractivity contribution in [3.63, 3.8) is 0 Å². The van der Waals surface area contributed by atoms with Gasteiger partial charge in [-0.2, -0.15) is 0 Å². The second-order valence-corrected chi connectivity index (χ2v) is 4.61. The zero-order chi connectivity index (χ0) is 12.7. The maximum Gasteiger partial charge on any atom is 0.0723 e. The van der Waals surface area contributed by atoms with Crippen LogP contribution in [0.15, 0.2) is 66.9 Å². The first-order chi connectivity index (χ1) is 9.43. The fraction of sp³-hybridized carbons (Fsp3) is 0. The maximum atomic E-state index is 4.45. The summed E-state index contributed by atoms with van der Waals surface area (Å²) in [5, 5.41) is 2.51. The van der Waals surface area contributed by atoms with Gasteiger partial charge in [-0.15, -0.1) is 0 Å². The van der Waals surface area contributed by atoms with Crippen molar-refractivity contribution in [2.75, 3.05) is 0 Å². The second-order valence-electron chi connectivity index (χ2n) is 4.61. The molecule has 4 aromatic rings. The summed E-state index contributed by atoms with van der Waals surface area (Å²) in [6.07, 6.45) is 1.83. The Hall–Kier alpha value is -2.61. The molecule has 4 rings (SSSR count). The predicted octanol–water partition coefficient (Wildman–Crippen LogP) is 4.38. The molecular weight excluding hydrogens is 232 g/mol. The van der Waals surface area contributed by atoms with Gasteiger partial charge in [0.1, 0.15) is 0 Å². The number of para-hydroxylation sites is 2. The topological polar surface area (TPSA) is 28.7 Å². The highest BCUT2D eigenvalue weighted by molar-refractivity contribution is 6.11. The first kappa shape index (κ1) is 10.3. The van der Waals surface area contributed by atoms with Gasteiger partial charge in [0.15, 0.2) is 0 Å². The third-order valence-corrected chi connectivity index (χ3v) is 3.48. The highest BCUT2D eigenvalue weighted by Crippen LogP contribution is 2.31. The first-order valence-electron chi connectivity index (χ1n) is 6.34. The summed E-state index contributed by atoms with van der Waals surface area (Å²) < 4.78 is 0. The minimum Gasteiger partial charge on any atom is -0.354 e. The number of rotatable bonds is 1. The lowest BCUT2D eigenvalue weighted by atomic mass is 10.1. The average Bonchev–Trinajstić information content (AvgIpc) is 2.87. The maximum absolute atomic E-state index is 4.45. The number of benzene rings is 2. The van der Waals surface area contributed by atoms with Gasteiger partial charge in [0.2, 0.25) is 0 Å². The van der Waals surface area contributed by atoms with E-state index in [9.17, 15) is 0 Å². The highest BCUT2D eigenvalue weighted by atomic mass is 14.7. The molecule has 2 aromatic carbocycles. The van der Waals surface area contributed by atoms with Crippen molar-refractivity contribution in [1.29, 1.82) is 0 Å². The van der Waals surface area contributed by atoms with Crippen LogP contribution < -0.4 is 0 Å². The molecule has 2 heteroatoms. The zero-order valence-corrected chi connectivity index (χ0v) is 10.3. The van der Waals surface area contributed by atoms with Crippen molar-refractivity contribution < 1.29 is 0 Å². The van der Waals surface area contributed by atoms with Gasteiger partial charge >= 0.3 is 0 Å². The van der Waals surface area contributed by atoms with Crippen LogP contribution in [-0.4, -0.2) is 9.97 Å². The van der Waals surface area contributed by atoms with Crippen molar-refractivity contribution in [1.82, 2.24) is 9.97 Å². The molecule has 19 heavy (non-hydrogen) atoms. The quantitative estimate of drug-likeness (QED) is 0.528. The molecule has 90 valence electrons. The van der Waals surface area contributed by atoms with E-state index in [-0.39, 0.29) is 0 Å². The van der Waals surface area contributed by atoms with Crippen LogP contribution in [0.5, 0.6) is 0 Å². The molecule has 0 radical (unpaired) electrons. The van der Waals surface area contributed by atoms with E-state index in [4.69, 9.17) is 0 Å². The van der Waals surface area contributed by atoms with Gasteiger partial charge in [0.25, 0.3) is 0 Å². The molecule has 0 spiro atoms. The van der Waals surface area contributed by atoms with E-state index in [0.29, 0.717) is 0 Å². The second kappa shape index (κ2) is 3.95. The molecule has 0 saturated heterocycles. The summed E-state index contributed by atoms with van der Waals surface area (Å²) in [6, 6.07) is 20.7. The summed E-state index contributed by atoms with van der Waals surface area (Å²) in [5.41, 5.74) is 4.47. The molecule has 2 nitrogen and oxygen atoms in total. The molecule has 1 N–H and O–H groups in total. The van der Waals surface area contributed by atoms with Gasteiger partial charge in [-0.25, -0.2) is 0 Å². The number of nitrogens with one attached hydrogen (secondary N) is 1. The lowest BCUT2D eigenvalue weighted by Gasteiger charge is -2.02. The SMILES string of the molecule is c1ccc(-c2cccc3c2[nH]c2ccccc23)nc1. The molecule has 0 bridgehead atoms.